The first-order valence-corrected chi connectivity index (χ1v) is 10.9. The third-order valence-corrected chi connectivity index (χ3v) is 6.51. The summed E-state index contributed by atoms with van der Waals surface area (Å²) in [6.45, 7) is 2.25. The molecule has 0 fully saturated rings. The lowest BCUT2D eigenvalue weighted by atomic mass is 9.97. The third-order valence-electron chi connectivity index (χ3n) is 5.43. The fraction of sp³-hybridized carbons (Fsp3) is 0.400. The number of hydrogen-bond donors (Lipinski definition) is 3. The monoisotopic (exact) mass is 442 g/mol. The lowest BCUT2D eigenvalue weighted by Crippen LogP contribution is -2.29. The lowest BCUT2D eigenvalue weighted by molar-refractivity contribution is 0.294. The predicted molar refractivity (Wildman–Crippen MR) is 120 cm³/mol. The average molecular weight is 443 g/mol. The van der Waals surface area contributed by atoms with E-state index in [1.165, 1.54) is 9.69 Å². The van der Waals surface area contributed by atoms with Gasteiger partial charge in [0.25, 0.3) is 5.56 Å². The van der Waals surface area contributed by atoms with Crippen molar-refractivity contribution in [3.8, 4) is 0 Å². The number of nitrogens with one attached hydrogen (secondary N) is 1. The molecule has 0 spiro atoms. The van der Waals surface area contributed by atoms with Crippen LogP contribution in [-0.2, 0) is 20.0 Å². The van der Waals surface area contributed by atoms with E-state index >= 15 is 0 Å². The summed E-state index contributed by atoms with van der Waals surface area (Å²) in [4.78, 5) is 18.0. The molecule has 4 aromatic heterocycles. The largest absolute Gasteiger partial charge is 0.392 e. The van der Waals surface area contributed by atoms with Crippen molar-refractivity contribution in [3.05, 3.63) is 51.3 Å². The van der Waals surface area contributed by atoms with E-state index in [0.29, 0.717) is 18.5 Å². The van der Waals surface area contributed by atoms with Crippen LogP contribution in [0.1, 0.15) is 24.0 Å². The van der Waals surface area contributed by atoms with Gasteiger partial charge < -0.3 is 14.7 Å². The summed E-state index contributed by atoms with van der Waals surface area (Å²) in [5, 5.41) is 24.3. The zero-order valence-corrected chi connectivity index (χ0v) is 18.6. The molecule has 4 aromatic rings. The Balaban J connectivity index is 1.72. The minimum absolute atomic E-state index is 0.0563. The van der Waals surface area contributed by atoms with Gasteiger partial charge in [-0.2, -0.15) is 10.2 Å². The summed E-state index contributed by atoms with van der Waals surface area (Å²) in [6, 6.07) is 1.92. The Morgan fingerprint density at radius 2 is 2.29 bits per heavy atom. The van der Waals surface area contributed by atoms with Gasteiger partial charge in [0.2, 0.25) is 0 Å². The smallest absolute Gasteiger partial charge is 0.291 e. The molecule has 0 aliphatic heterocycles. The molecule has 1 atom stereocenters. The van der Waals surface area contributed by atoms with Crippen LogP contribution in [-0.4, -0.2) is 53.3 Å². The first kappa shape index (κ1) is 21.2. The van der Waals surface area contributed by atoms with Gasteiger partial charge in [0, 0.05) is 49.9 Å². The zero-order chi connectivity index (χ0) is 22.1. The van der Waals surface area contributed by atoms with E-state index in [-0.39, 0.29) is 18.1 Å². The molecule has 11 heteroatoms. The van der Waals surface area contributed by atoms with Crippen molar-refractivity contribution >= 4 is 32.6 Å². The number of hydrogen-bond acceptors (Lipinski definition) is 8. The van der Waals surface area contributed by atoms with E-state index in [9.17, 15) is 9.90 Å². The van der Waals surface area contributed by atoms with Gasteiger partial charge in [0.05, 0.1) is 24.0 Å². The van der Waals surface area contributed by atoms with Crippen LogP contribution in [0.15, 0.2) is 35.0 Å². The molecular weight excluding hydrogens is 416 g/mol. The zero-order valence-electron chi connectivity index (χ0n) is 17.7. The molecule has 0 bridgehead atoms. The molecule has 4 rings (SSSR count). The van der Waals surface area contributed by atoms with Crippen LogP contribution < -0.4 is 11.4 Å². The summed E-state index contributed by atoms with van der Waals surface area (Å²) in [6.07, 6.45) is 6.56. The summed E-state index contributed by atoms with van der Waals surface area (Å²) in [7, 11) is 3.55. The summed E-state index contributed by atoms with van der Waals surface area (Å²) >= 11 is 1.56. The van der Waals surface area contributed by atoms with Crippen LogP contribution in [0.3, 0.4) is 0 Å². The van der Waals surface area contributed by atoms with Gasteiger partial charge in [-0.25, -0.2) is 15.5 Å². The quantitative estimate of drug-likeness (QED) is 0.277. The van der Waals surface area contributed by atoms with Gasteiger partial charge in [0.1, 0.15) is 10.5 Å². The van der Waals surface area contributed by atoms with Crippen molar-refractivity contribution in [1.29, 1.82) is 0 Å². The van der Waals surface area contributed by atoms with Gasteiger partial charge in [-0.05, 0) is 18.1 Å². The number of rotatable bonds is 8. The Bertz CT molecular complexity index is 1280. The molecule has 164 valence electrons. The highest BCUT2D eigenvalue weighted by Gasteiger charge is 2.20. The van der Waals surface area contributed by atoms with Crippen molar-refractivity contribution in [2.45, 2.75) is 26.3 Å². The Morgan fingerprint density at radius 3 is 2.94 bits per heavy atom. The second kappa shape index (κ2) is 8.61. The highest BCUT2D eigenvalue weighted by atomic mass is 32.1. The van der Waals surface area contributed by atoms with Crippen molar-refractivity contribution < 1.29 is 5.11 Å². The molecule has 31 heavy (non-hydrogen) atoms. The fourth-order valence-corrected chi connectivity index (χ4v) is 4.97. The van der Waals surface area contributed by atoms with Crippen molar-refractivity contribution in [1.82, 2.24) is 34.5 Å². The van der Waals surface area contributed by atoms with Crippen LogP contribution >= 0.6 is 11.3 Å². The number of aromatic amines is 1. The molecule has 4 N–H and O–H groups in total. The Labute approximate surface area is 182 Å². The Morgan fingerprint density at radius 1 is 1.48 bits per heavy atom. The van der Waals surface area contributed by atoms with Gasteiger partial charge in [-0.3, -0.25) is 9.89 Å². The van der Waals surface area contributed by atoms with Crippen LogP contribution in [0.4, 0.5) is 0 Å². The predicted octanol–water partition coefficient (Wildman–Crippen LogP) is 1.37. The molecule has 1 unspecified atom stereocenters. The number of nitrogens with two attached hydrogens (primary N) is 1. The van der Waals surface area contributed by atoms with E-state index in [0.717, 1.165) is 38.4 Å². The number of nitrogens with zero attached hydrogens (tertiary/aromatic N) is 6. The Kier molecular flexibility index (Phi) is 5.90. The molecule has 4 heterocycles. The Hall–Kier alpha value is -3.02. The molecule has 0 aliphatic carbocycles. The maximum absolute atomic E-state index is 13.3. The van der Waals surface area contributed by atoms with Crippen LogP contribution in [0.2, 0.25) is 0 Å². The maximum Gasteiger partial charge on any atom is 0.291 e. The van der Waals surface area contributed by atoms with E-state index in [2.05, 4.69) is 15.3 Å². The topological polar surface area (TPSA) is 131 Å². The van der Waals surface area contributed by atoms with Crippen molar-refractivity contribution in [2.24, 2.45) is 18.8 Å². The van der Waals surface area contributed by atoms with Crippen LogP contribution in [0, 0.1) is 5.92 Å². The maximum atomic E-state index is 13.3. The molecule has 10 nitrogen and oxygen atoms in total. The number of fused-ring (bicyclic) bond motifs is 3. The second-order valence-electron chi connectivity index (χ2n) is 7.60. The highest BCUT2D eigenvalue weighted by molar-refractivity contribution is 7.19. The molecule has 0 saturated heterocycles. The number of hydrazine groups is 1. The van der Waals surface area contributed by atoms with E-state index in [4.69, 9.17) is 10.8 Å². The SMILES string of the molecule is CCC(Cn1ncc2c3sc(Cc4ccn[nH]4)nc3n(C)c2c1=O)/C(=C\N(C)N)CO. The van der Waals surface area contributed by atoms with E-state index in [1.54, 1.807) is 37.0 Å². The second-order valence-corrected chi connectivity index (χ2v) is 8.69. The lowest BCUT2D eigenvalue weighted by Gasteiger charge is -2.20. The normalized spacial score (nSPS) is 13.4. The third kappa shape index (κ3) is 3.99. The van der Waals surface area contributed by atoms with E-state index in [1.807, 2.05) is 24.6 Å². The molecule has 0 amide bonds. The number of thiazole rings is 1. The summed E-state index contributed by atoms with van der Waals surface area (Å²) in [5.74, 6) is 5.66. The average Bonchev–Trinajstić information content (AvgIpc) is 3.45. The number of H-pyrrole nitrogens is 1. The first-order chi connectivity index (χ1) is 14.9. The summed E-state index contributed by atoms with van der Waals surface area (Å²) in [5.41, 5.74) is 2.94. The fourth-order valence-electron chi connectivity index (χ4n) is 3.84. The highest BCUT2D eigenvalue weighted by Crippen LogP contribution is 2.31. The van der Waals surface area contributed by atoms with Gasteiger partial charge >= 0.3 is 0 Å². The van der Waals surface area contributed by atoms with Gasteiger partial charge in [-0.1, -0.05) is 6.92 Å². The molecule has 0 saturated carbocycles. The van der Waals surface area contributed by atoms with Crippen molar-refractivity contribution in [2.75, 3.05) is 13.7 Å². The number of aliphatic hydroxyl groups excluding tert-OH is 1. The standard InChI is InChI=1S/C20H26N8O2S/c1-4-12(13(11-29)9-26(2)21)10-28-20(30)17-15(8-23-28)18-19(27(17)3)24-16(31-18)7-14-5-6-22-25-14/h5-6,8-9,12,29H,4,7,10-11,21H2,1-3H3,(H,22,25)/b13-9-. The number of aryl methyl sites for hydroxylation is 1. The summed E-state index contributed by atoms with van der Waals surface area (Å²) < 4.78 is 4.26. The van der Waals surface area contributed by atoms with Crippen LogP contribution in [0.25, 0.3) is 21.3 Å². The van der Waals surface area contributed by atoms with Crippen molar-refractivity contribution in [3.63, 3.8) is 0 Å². The van der Waals surface area contributed by atoms with Crippen LogP contribution in [0.5, 0.6) is 0 Å². The molecule has 0 aliphatic rings. The molecular formula is C20H26N8O2S. The number of aliphatic hydroxyl groups is 1. The van der Waals surface area contributed by atoms with Gasteiger partial charge in [-0.15, -0.1) is 11.3 Å². The molecule has 0 radical (unpaired) electrons. The van der Waals surface area contributed by atoms with E-state index < -0.39 is 0 Å². The number of aromatic nitrogens is 6. The molecule has 0 aromatic carbocycles. The minimum Gasteiger partial charge on any atom is -0.392 e. The van der Waals surface area contributed by atoms with Gasteiger partial charge in [0.15, 0.2) is 5.65 Å². The first-order valence-electron chi connectivity index (χ1n) is 10.0. The minimum atomic E-state index is -0.169.